The second kappa shape index (κ2) is 10.1. The van der Waals surface area contributed by atoms with Crippen LogP contribution in [0.4, 0.5) is 10.1 Å². The lowest BCUT2D eigenvalue weighted by atomic mass is 10.2. The van der Waals surface area contributed by atoms with E-state index in [-0.39, 0.29) is 18.9 Å². The minimum Gasteiger partial charge on any atom is -0.494 e. The lowest BCUT2D eigenvalue weighted by Crippen LogP contribution is -2.32. The highest BCUT2D eigenvalue weighted by molar-refractivity contribution is 7.92. The number of halogens is 1. The van der Waals surface area contributed by atoms with Gasteiger partial charge in [0.15, 0.2) is 0 Å². The molecule has 0 fully saturated rings. The van der Waals surface area contributed by atoms with E-state index in [0.717, 1.165) is 17.6 Å². The molecule has 6 nitrogen and oxygen atoms in total. The van der Waals surface area contributed by atoms with E-state index in [1.165, 1.54) is 28.6 Å². The normalized spacial score (nSPS) is 11.1. The number of anilines is 1. The Bertz CT molecular complexity index is 885. The van der Waals surface area contributed by atoms with E-state index in [4.69, 9.17) is 4.74 Å². The molecular formula is C20H25FN2O4S. The molecule has 152 valence electrons. The third-order valence-corrected chi connectivity index (χ3v) is 5.22. The van der Waals surface area contributed by atoms with E-state index in [9.17, 15) is 17.6 Å². The predicted molar refractivity (Wildman–Crippen MR) is 107 cm³/mol. The van der Waals surface area contributed by atoms with Crippen LogP contribution in [-0.2, 0) is 21.4 Å². The molecule has 0 heterocycles. The maximum atomic E-state index is 13.1. The van der Waals surface area contributed by atoms with E-state index < -0.39 is 15.8 Å². The van der Waals surface area contributed by atoms with Crippen LogP contribution in [0.2, 0.25) is 0 Å². The molecule has 0 aliphatic carbocycles. The standard InChI is InChI=1S/C20H25FN2O4S/c1-3-27-19-8-5-4-7-16(19)15-22-20(24)9-6-14-23(28(2,25)26)18-12-10-17(21)11-13-18/h4-5,7-8,10-13H,3,6,9,14-15H2,1-2H3,(H,22,24). The lowest BCUT2D eigenvalue weighted by molar-refractivity contribution is -0.121. The Labute approximate surface area is 165 Å². The van der Waals surface area contributed by atoms with Crippen LogP contribution >= 0.6 is 0 Å². The molecule has 2 aromatic rings. The van der Waals surface area contributed by atoms with Crippen LogP contribution < -0.4 is 14.4 Å². The van der Waals surface area contributed by atoms with Crippen LogP contribution in [0.3, 0.4) is 0 Å². The molecule has 0 spiro atoms. The Balaban J connectivity index is 1.88. The molecule has 1 amide bonds. The summed E-state index contributed by atoms with van der Waals surface area (Å²) < 4.78 is 43.8. The number of hydrogen-bond acceptors (Lipinski definition) is 4. The monoisotopic (exact) mass is 408 g/mol. The van der Waals surface area contributed by atoms with Gasteiger partial charge < -0.3 is 10.1 Å². The number of para-hydroxylation sites is 1. The zero-order chi connectivity index (χ0) is 20.6. The van der Waals surface area contributed by atoms with E-state index in [1.54, 1.807) is 0 Å². The number of amides is 1. The van der Waals surface area contributed by atoms with Crippen molar-refractivity contribution in [3.63, 3.8) is 0 Å². The first-order chi connectivity index (χ1) is 13.3. The summed E-state index contributed by atoms with van der Waals surface area (Å²) in [6.45, 7) is 2.90. The van der Waals surface area contributed by atoms with Gasteiger partial charge in [-0.3, -0.25) is 9.10 Å². The van der Waals surface area contributed by atoms with Gasteiger partial charge in [0.1, 0.15) is 11.6 Å². The molecule has 0 radical (unpaired) electrons. The van der Waals surface area contributed by atoms with Crippen LogP contribution in [0, 0.1) is 5.82 Å². The van der Waals surface area contributed by atoms with Crippen molar-refractivity contribution in [3.05, 3.63) is 59.9 Å². The summed E-state index contributed by atoms with van der Waals surface area (Å²) >= 11 is 0. The van der Waals surface area contributed by atoms with Gasteiger partial charge in [-0.1, -0.05) is 18.2 Å². The summed E-state index contributed by atoms with van der Waals surface area (Å²) in [5.74, 6) is 0.104. The van der Waals surface area contributed by atoms with E-state index in [2.05, 4.69) is 5.32 Å². The lowest BCUT2D eigenvalue weighted by Gasteiger charge is -2.22. The molecule has 0 aromatic heterocycles. The average Bonchev–Trinajstić information content (AvgIpc) is 2.65. The number of hydrogen-bond donors (Lipinski definition) is 1. The number of sulfonamides is 1. The molecule has 0 aliphatic rings. The maximum absolute atomic E-state index is 13.1. The first kappa shape index (κ1) is 21.7. The van der Waals surface area contributed by atoms with Crippen molar-refractivity contribution < 1.29 is 22.3 Å². The average molecular weight is 408 g/mol. The SMILES string of the molecule is CCOc1ccccc1CNC(=O)CCCN(c1ccc(F)cc1)S(C)(=O)=O. The highest BCUT2D eigenvalue weighted by atomic mass is 32.2. The summed E-state index contributed by atoms with van der Waals surface area (Å²) in [5, 5.41) is 2.82. The number of carbonyl (C=O) groups is 1. The first-order valence-electron chi connectivity index (χ1n) is 9.02. The molecule has 2 rings (SSSR count). The number of benzene rings is 2. The Morgan fingerprint density at radius 1 is 1.14 bits per heavy atom. The Morgan fingerprint density at radius 2 is 1.82 bits per heavy atom. The highest BCUT2D eigenvalue weighted by Gasteiger charge is 2.17. The number of ether oxygens (including phenoxy) is 1. The van der Waals surface area contributed by atoms with Crippen LogP contribution in [0.15, 0.2) is 48.5 Å². The largest absolute Gasteiger partial charge is 0.494 e. The van der Waals surface area contributed by atoms with Gasteiger partial charge in [0, 0.05) is 25.1 Å². The van der Waals surface area contributed by atoms with E-state index in [0.29, 0.717) is 25.3 Å². The molecule has 0 bridgehead atoms. The van der Waals surface area contributed by atoms with Crippen molar-refractivity contribution in [2.45, 2.75) is 26.3 Å². The molecule has 0 atom stereocenters. The fourth-order valence-corrected chi connectivity index (χ4v) is 3.67. The maximum Gasteiger partial charge on any atom is 0.232 e. The van der Waals surface area contributed by atoms with Gasteiger partial charge in [0.25, 0.3) is 0 Å². The summed E-state index contributed by atoms with van der Waals surface area (Å²) in [7, 11) is -3.53. The van der Waals surface area contributed by atoms with Gasteiger partial charge in [0.2, 0.25) is 15.9 Å². The molecule has 1 N–H and O–H groups in total. The minimum absolute atomic E-state index is 0.132. The second-order valence-electron chi connectivity index (χ2n) is 6.23. The highest BCUT2D eigenvalue weighted by Crippen LogP contribution is 2.19. The Morgan fingerprint density at radius 3 is 2.46 bits per heavy atom. The summed E-state index contributed by atoms with van der Waals surface area (Å²) in [6.07, 6.45) is 1.59. The number of nitrogens with one attached hydrogen (secondary N) is 1. The van der Waals surface area contributed by atoms with Crippen molar-refractivity contribution in [2.24, 2.45) is 0 Å². The van der Waals surface area contributed by atoms with Crippen molar-refractivity contribution in [1.29, 1.82) is 0 Å². The van der Waals surface area contributed by atoms with Crippen LogP contribution in [0.25, 0.3) is 0 Å². The molecule has 0 unspecified atom stereocenters. The van der Waals surface area contributed by atoms with Crippen LogP contribution in [0.1, 0.15) is 25.3 Å². The fourth-order valence-electron chi connectivity index (χ4n) is 2.71. The fraction of sp³-hybridized carbons (Fsp3) is 0.350. The van der Waals surface area contributed by atoms with Gasteiger partial charge >= 0.3 is 0 Å². The van der Waals surface area contributed by atoms with E-state index in [1.807, 2.05) is 31.2 Å². The molecule has 0 saturated carbocycles. The van der Waals surface area contributed by atoms with Crippen molar-refractivity contribution in [1.82, 2.24) is 5.32 Å². The zero-order valence-corrected chi connectivity index (χ0v) is 16.8. The first-order valence-corrected chi connectivity index (χ1v) is 10.9. The summed E-state index contributed by atoms with van der Waals surface area (Å²) in [5.41, 5.74) is 1.25. The number of rotatable bonds is 10. The van der Waals surface area contributed by atoms with Gasteiger partial charge in [0.05, 0.1) is 18.6 Å². The summed E-state index contributed by atoms with van der Waals surface area (Å²) in [4.78, 5) is 12.1. The zero-order valence-electron chi connectivity index (χ0n) is 16.0. The van der Waals surface area contributed by atoms with Gasteiger partial charge in [-0.2, -0.15) is 0 Å². The smallest absolute Gasteiger partial charge is 0.232 e. The molecular weight excluding hydrogens is 383 g/mol. The van der Waals surface area contributed by atoms with Crippen molar-refractivity contribution in [3.8, 4) is 5.75 Å². The third-order valence-electron chi connectivity index (χ3n) is 4.03. The predicted octanol–water partition coefficient (Wildman–Crippen LogP) is 3.09. The second-order valence-corrected chi connectivity index (χ2v) is 8.14. The van der Waals surface area contributed by atoms with Gasteiger partial charge in [-0.15, -0.1) is 0 Å². The number of carbonyl (C=O) groups excluding carboxylic acids is 1. The van der Waals surface area contributed by atoms with E-state index >= 15 is 0 Å². The third kappa shape index (κ3) is 6.53. The van der Waals surface area contributed by atoms with Gasteiger partial charge in [-0.05, 0) is 43.7 Å². The quantitative estimate of drug-likeness (QED) is 0.656. The van der Waals surface area contributed by atoms with Crippen LogP contribution in [0.5, 0.6) is 5.75 Å². The molecule has 8 heteroatoms. The summed E-state index contributed by atoms with van der Waals surface area (Å²) in [6, 6.07) is 12.7. The molecule has 28 heavy (non-hydrogen) atoms. The van der Waals surface area contributed by atoms with Crippen LogP contribution in [-0.4, -0.2) is 33.7 Å². The molecule has 0 saturated heterocycles. The Kier molecular flexibility index (Phi) is 7.80. The van der Waals surface area contributed by atoms with Gasteiger partial charge in [-0.25, -0.2) is 12.8 Å². The minimum atomic E-state index is -3.53. The topological polar surface area (TPSA) is 75.7 Å². The Hall–Kier alpha value is -2.61. The molecule has 2 aromatic carbocycles. The van der Waals surface area contributed by atoms with Crippen molar-refractivity contribution in [2.75, 3.05) is 23.7 Å². The van der Waals surface area contributed by atoms with Crippen molar-refractivity contribution >= 4 is 21.6 Å². The number of nitrogens with zero attached hydrogens (tertiary/aromatic N) is 1. The molecule has 0 aliphatic heterocycles.